The fourth-order valence-electron chi connectivity index (χ4n) is 3.78. The Morgan fingerprint density at radius 2 is 2.05 bits per heavy atom. The van der Waals surface area contributed by atoms with Crippen LogP contribution in [0.2, 0.25) is 0 Å². The zero-order valence-corrected chi connectivity index (χ0v) is 11.7. The number of fused-ring (bicyclic) bond motifs is 2. The summed E-state index contributed by atoms with van der Waals surface area (Å²) in [6, 6.07) is 2.78. The van der Waals surface area contributed by atoms with Gasteiger partial charge < -0.3 is 14.7 Å². The lowest BCUT2D eigenvalue weighted by Crippen LogP contribution is -2.55. The first-order valence-corrected chi connectivity index (χ1v) is 7.07. The van der Waals surface area contributed by atoms with Crippen molar-refractivity contribution >= 4 is 0 Å². The molecule has 2 aliphatic heterocycles. The second-order valence-corrected chi connectivity index (χ2v) is 5.92. The molecule has 3 rings (SSSR count). The number of ether oxygens (including phenoxy) is 1. The first-order valence-electron chi connectivity index (χ1n) is 7.07. The van der Waals surface area contributed by atoms with Crippen LogP contribution in [0, 0.1) is 0 Å². The molecule has 1 aromatic rings. The van der Waals surface area contributed by atoms with Gasteiger partial charge in [-0.25, -0.2) is 0 Å². The van der Waals surface area contributed by atoms with Gasteiger partial charge >= 0.3 is 0 Å². The Bertz CT molecular complexity index is 449. The number of piperidine rings is 2. The molecule has 3 heterocycles. The molecule has 2 aliphatic rings. The van der Waals surface area contributed by atoms with E-state index in [4.69, 9.17) is 4.74 Å². The van der Waals surface area contributed by atoms with Crippen LogP contribution in [0.15, 0.2) is 18.5 Å². The lowest BCUT2D eigenvalue weighted by molar-refractivity contribution is -0.0885. The Morgan fingerprint density at radius 1 is 1.37 bits per heavy atom. The Kier molecular flexibility index (Phi) is 3.23. The summed E-state index contributed by atoms with van der Waals surface area (Å²) in [6.07, 6.45) is 8.67. The topological polar surface area (TPSA) is 45.6 Å². The second-order valence-electron chi connectivity index (χ2n) is 5.92. The predicted octanol–water partition coefficient (Wildman–Crippen LogP) is 1.92. The van der Waals surface area contributed by atoms with Crippen molar-refractivity contribution in [1.82, 2.24) is 9.88 Å². The molecule has 0 spiro atoms. The molecule has 2 atom stereocenters. The Balaban J connectivity index is 1.95. The highest BCUT2D eigenvalue weighted by atomic mass is 16.5. The second kappa shape index (κ2) is 4.76. The van der Waals surface area contributed by atoms with Crippen molar-refractivity contribution < 1.29 is 9.84 Å². The van der Waals surface area contributed by atoms with Gasteiger partial charge in [0.25, 0.3) is 0 Å². The quantitative estimate of drug-likeness (QED) is 0.884. The molecule has 2 saturated heterocycles. The molecule has 19 heavy (non-hydrogen) atoms. The number of aliphatic hydroxyl groups is 1. The van der Waals surface area contributed by atoms with Crippen LogP contribution in [0.25, 0.3) is 0 Å². The largest absolute Gasteiger partial charge is 0.496 e. The van der Waals surface area contributed by atoms with E-state index in [1.807, 2.05) is 6.07 Å². The summed E-state index contributed by atoms with van der Waals surface area (Å²) in [7, 11) is 3.84. The van der Waals surface area contributed by atoms with E-state index in [1.54, 1.807) is 19.5 Å². The molecule has 1 N–H and O–H groups in total. The van der Waals surface area contributed by atoms with Crippen LogP contribution in [0.1, 0.15) is 37.7 Å². The van der Waals surface area contributed by atoms with Crippen molar-refractivity contribution in [3.8, 4) is 5.75 Å². The van der Waals surface area contributed by atoms with Gasteiger partial charge in [-0.3, -0.25) is 4.98 Å². The normalized spacial score (nSPS) is 35.1. The minimum Gasteiger partial charge on any atom is -0.496 e. The molecule has 4 nitrogen and oxygen atoms in total. The van der Waals surface area contributed by atoms with E-state index in [-0.39, 0.29) is 0 Å². The number of methoxy groups -OCH3 is 1. The van der Waals surface area contributed by atoms with Crippen molar-refractivity contribution in [3.05, 3.63) is 24.0 Å². The van der Waals surface area contributed by atoms with Gasteiger partial charge in [0.1, 0.15) is 5.75 Å². The molecule has 0 amide bonds. The molecular formula is C15H22N2O2. The van der Waals surface area contributed by atoms with Crippen LogP contribution in [0.4, 0.5) is 0 Å². The summed E-state index contributed by atoms with van der Waals surface area (Å²) < 4.78 is 5.40. The summed E-state index contributed by atoms with van der Waals surface area (Å²) in [4.78, 5) is 6.62. The standard InChI is InChI=1S/C15H22N2O2/c1-17-11-4-3-5-12(17)9-15(18,8-11)13-10-16-7-6-14(13)19-2/h6-7,10-12,18H,3-5,8-9H2,1-2H3. The molecule has 104 valence electrons. The van der Waals surface area contributed by atoms with Crippen molar-refractivity contribution in [1.29, 1.82) is 0 Å². The maximum absolute atomic E-state index is 11.1. The van der Waals surface area contributed by atoms with E-state index < -0.39 is 5.60 Å². The van der Waals surface area contributed by atoms with Crippen molar-refractivity contribution in [2.45, 2.75) is 49.8 Å². The van der Waals surface area contributed by atoms with Crippen LogP contribution < -0.4 is 4.74 Å². The van der Waals surface area contributed by atoms with E-state index in [2.05, 4.69) is 16.9 Å². The van der Waals surface area contributed by atoms with Crippen molar-refractivity contribution in [2.75, 3.05) is 14.2 Å². The third-order valence-electron chi connectivity index (χ3n) is 4.88. The third-order valence-corrected chi connectivity index (χ3v) is 4.88. The first-order chi connectivity index (χ1) is 9.14. The number of aromatic nitrogens is 1. The summed E-state index contributed by atoms with van der Waals surface area (Å²) >= 11 is 0. The lowest BCUT2D eigenvalue weighted by Gasteiger charge is -2.50. The van der Waals surface area contributed by atoms with Crippen LogP contribution in [0.5, 0.6) is 5.75 Å². The molecule has 1 aromatic heterocycles. The molecule has 2 bridgehead atoms. The zero-order chi connectivity index (χ0) is 13.5. The highest BCUT2D eigenvalue weighted by Gasteiger charge is 2.46. The average Bonchev–Trinajstić information content (AvgIpc) is 2.41. The van der Waals surface area contributed by atoms with Crippen molar-refractivity contribution in [3.63, 3.8) is 0 Å². The smallest absolute Gasteiger partial charge is 0.128 e. The first kappa shape index (κ1) is 12.9. The van der Waals surface area contributed by atoms with Crippen molar-refractivity contribution in [2.24, 2.45) is 0 Å². The summed E-state index contributed by atoms with van der Waals surface area (Å²) in [5.74, 6) is 0.750. The third kappa shape index (κ3) is 2.13. The number of rotatable bonds is 2. The number of pyridine rings is 1. The molecular weight excluding hydrogens is 240 g/mol. The molecule has 0 radical (unpaired) electrons. The number of nitrogens with zero attached hydrogens (tertiary/aromatic N) is 2. The Labute approximate surface area is 114 Å². The van der Waals surface area contributed by atoms with Gasteiger partial charge in [-0.2, -0.15) is 0 Å². The number of hydrogen-bond donors (Lipinski definition) is 1. The summed E-state index contributed by atoms with van der Waals surface area (Å²) in [6.45, 7) is 0. The van der Waals surface area contributed by atoms with E-state index in [0.29, 0.717) is 12.1 Å². The van der Waals surface area contributed by atoms with Gasteiger partial charge in [0.2, 0.25) is 0 Å². The molecule has 0 saturated carbocycles. The van der Waals surface area contributed by atoms with Crippen LogP contribution in [-0.2, 0) is 5.60 Å². The van der Waals surface area contributed by atoms with E-state index in [1.165, 1.54) is 19.3 Å². The van der Waals surface area contributed by atoms with Crippen LogP contribution in [0.3, 0.4) is 0 Å². The van der Waals surface area contributed by atoms with Crippen LogP contribution >= 0.6 is 0 Å². The zero-order valence-electron chi connectivity index (χ0n) is 11.7. The average molecular weight is 262 g/mol. The van der Waals surface area contributed by atoms with Gasteiger partial charge in [-0.05, 0) is 38.8 Å². The van der Waals surface area contributed by atoms with Gasteiger partial charge in [-0.15, -0.1) is 0 Å². The van der Waals surface area contributed by atoms with Gasteiger partial charge in [-0.1, -0.05) is 6.42 Å². The van der Waals surface area contributed by atoms with E-state index >= 15 is 0 Å². The number of hydrogen-bond acceptors (Lipinski definition) is 4. The molecule has 2 unspecified atom stereocenters. The Hall–Kier alpha value is -1.13. The minimum absolute atomic E-state index is 0.474. The van der Waals surface area contributed by atoms with E-state index in [0.717, 1.165) is 24.2 Å². The molecule has 0 aromatic carbocycles. The van der Waals surface area contributed by atoms with Gasteiger partial charge in [0.05, 0.1) is 12.7 Å². The van der Waals surface area contributed by atoms with Gasteiger partial charge in [0.15, 0.2) is 0 Å². The summed E-state index contributed by atoms with van der Waals surface area (Å²) in [5.41, 5.74) is 0.0597. The highest BCUT2D eigenvalue weighted by molar-refractivity contribution is 5.36. The minimum atomic E-state index is -0.790. The van der Waals surface area contributed by atoms with Gasteiger partial charge in [0, 0.05) is 30.0 Å². The fourth-order valence-corrected chi connectivity index (χ4v) is 3.78. The van der Waals surface area contributed by atoms with Crippen LogP contribution in [-0.4, -0.2) is 41.2 Å². The SMILES string of the molecule is COc1ccncc1C1(O)CC2CCCC(C1)N2C. The maximum Gasteiger partial charge on any atom is 0.128 e. The van der Waals surface area contributed by atoms with E-state index in [9.17, 15) is 5.11 Å². The molecule has 0 aliphatic carbocycles. The monoisotopic (exact) mass is 262 g/mol. The molecule has 2 fully saturated rings. The predicted molar refractivity (Wildman–Crippen MR) is 73.1 cm³/mol. The highest BCUT2D eigenvalue weighted by Crippen LogP contribution is 2.45. The fraction of sp³-hybridized carbons (Fsp3) is 0.667. The summed E-state index contributed by atoms with van der Waals surface area (Å²) in [5, 5.41) is 11.1. The lowest BCUT2D eigenvalue weighted by atomic mass is 9.73. The maximum atomic E-state index is 11.1. The Morgan fingerprint density at radius 3 is 2.68 bits per heavy atom. The molecule has 4 heteroatoms.